The fraction of sp³-hybridized carbons (Fsp3) is 0.364. The number of hydrogen-bond donors (Lipinski definition) is 2. The molecule has 1 aromatic heterocycles. The molecule has 6 heteroatoms. The van der Waals surface area contributed by atoms with Crippen LogP contribution < -0.4 is 5.32 Å². The molecular formula is C11H13FN2O3. The highest BCUT2D eigenvalue weighted by molar-refractivity contribution is 5.93. The fourth-order valence-corrected chi connectivity index (χ4v) is 1.16. The lowest BCUT2D eigenvalue weighted by atomic mass is 9.95. The Labute approximate surface area is 97.7 Å². The highest BCUT2D eigenvalue weighted by atomic mass is 19.1. The molecule has 0 aliphatic rings. The van der Waals surface area contributed by atoms with Crippen molar-refractivity contribution in [2.45, 2.75) is 13.8 Å². The Hall–Kier alpha value is -1.98. The lowest BCUT2D eigenvalue weighted by Crippen LogP contribution is -2.30. The van der Waals surface area contributed by atoms with Crippen molar-refractivity contribution in [2.75, 3.05) is 5.32 Å². The molecule has 1 rings (SSSR count). The van der Waals surface area contributed by atoms with E-state index in [-0.39, 0.29) is 5.82 Å². The van der Waals surface area contributed by atoms with Gasteiger partial charge in [0.1, 0.15) is 5.82 Å². The molecule has 1 aromatic rings. The van der Waals surface area contributed by atoms with Gasteiger partial charge in [-0.15, -0.1) is 0 Å². The largest absolute Gasteiger partial charge is 0.481 e. The van der Waals surface area contributed by atoms with Crippen molar-refractivity contribution < 1.29 is 19.1 Å². The summed E-state index contributed by atoms with van der Waals surface area (Å²) in [6.45, 7) is 2.93. The zero-order valence-corrected chi connectivity index (χ0v) is 9.48. The molecule has 0 aliphatic heterocycles. The summed E-state index contributed by atoms with van der Waals surface area (Å²) in [6.07, 6.45) is 0. The molecule has 1 amide bonds. The third-order valence-corrected chi connectivity index (χ3v) is 2.52. The van der Waals surface area contributed by atoms with E-state index in [2.05, 4.69) is 10.3 Å². The number of anilines is 1. The van der Waals surface area contributed by atoms with Crippen LogP contribution in [0.15, 0.2) is 18.2 Å². The smallest absolute Gasteiger partial charge is 0.307 e. The molecule has 0 bridgehead atoms. The van der Waals surface area contributed by atoms with Crippen molar-refractivity contribution in [1.29, 1.82) is 0 Å². The maximum absolute atomic E-state index is 12.7. The molecule has 2 atom stereocenters. The number of amides is 1. The quantitative estimate of drug-likeness (QED) is 0.782. The van der Waals surface area contributed by atoms with Crippen LogP contribution in [0.25, 0.3) is 0 Å². The minimum absolute atomic E-state index is 0.0689. The van der Waals surface area contributed by atoms with E-state index in [1.165, 1.54) is 26.0 Å². The summed E-state index contributed by atoms with van der Waals surface area (Å²) in [5.41, 5.74) is 0. The van der Waals surface area contributed by atoms with E-state index in [0.29, 0.717) is 0 Å². The molecule has 0 fully saturated rings. The van der Waals surface area contributed by atoms with Crippen molar-refractivity contribution >= 4 is 17.7 Å². The first-order valence-electron chi connectivity index (χ1n) is 5.08. The third kappa shape index (κ3) is 3.51. The summed E-state index contributed by atoms with van der Waals surface area (Å²) in [5, 5.41) is 11.1. The number of halogens is 1. The highest BCUT2D eigenvalue weighted by Gasteiger charge is 2.25. The number of pyridine rings is 1. The van der Waals surface area contributed by atoms with E-state index in [4.69, 9.17) is 5.11 Å². The van der Waals surface area contributed by atoms with Crippen LogP contribution in [0.3, 0.4) is 0 Å². The normalized spacial score (nSPS) is 13.8. The van der Waals surface area contributed by atoms with Gasteiger partial charge < -0.3 is 10.4 Å². The van der Waals surface area contributed by atoms with Gasteiger partial charge in [-0.25, -0.2) is 4.98 Å². The molecule has 0 saturated carbocycles. The van der Waals surface area contributed by atoms with Crippen LogP contribution in [0, 0.1) is 17.8 Å². The number of hydrogen-bond acceptors (Lipinski definition) is 3. The molecule has 5 nitrogen and oxygen atoms in total. The first-order valence-corrected chi connectivity index (χ1v) is 5.08. The van der Waals surface area contributed by atoms with Crippen molar-refractivity contribution in [2.24, 2.45) is 11.8 Å². The molecule has 17 heavy (non-hydrogen) atoms. The number of carboxylic acid groups (broad SMARTS) is 1. The molecule has 0 aliphatic carbocycles. The second-order valence-corrected chi connectivity index (χ2v) is 3.75. The first kappa shape index (κ1) is 13.1. The minimum Gasteiger partial charge on any atom is -0.481 e. The van der Waals surface area contributed by atoms with Gasteiger partial charge in [-0.1, -0.05) is 19.9 Å². The molecule has 1 heterocycles. The summed E-state index contributed by atoms with van der Waals surface area (Å²) in [5.74, 6) is -3.74. The Balaban J connectivity index is 2.69. The Kier molecular flexibility index (Phi) is 4.14. The Bertz CT molecular complexity index is 436. The van der Waals surface area contributed by atoms with E-state index in [1.54, 1.807) is 0 Å². The minimum atomic E-state index is -1.06. The number of aromatic nitrogens is 1. The summed E-state index contributed by atoms with van der Waals surface area (Å²) in [6, 6.07) is 3.99. The molecule has 0 spiro atoms. The SMILES string of the molecule is CC(C(=O)O)C(C)C(=O)Nc1cccc(F)n1. The summed E-state index contributed by atoms with van der Waals surface area (Å²) in [4.78, 5) is 25.8. The van der Waals surface area contributed by atoms with Gasteiger partial charge in [0, 0.05) is 5.92 Å². The molecule has 2 N–H and O–H groups in total. The van der Waals surface area contributed by atoms with E-state index in [1.807, 2.05) is 0 Å². The number of carbonyl (C=O) groups is 2. The van der Waals surface area contributed by atoms with Gasteiger partial charge in [-0.3, -0.25) is 9.59 Å². The maximum atomic E-state index is 12.7. The Morgan fingerprint density at radius 2 is 2.00 bits per heavy atom. The topological polar surface area (TPSA) is 79.3 Å². The van der Waals surface area contributed by atoms with E-state index >= 15 is 0 Å². The fourth-order valence-electron chi connectivity index (χ4n) is 1.16. The van der Waals surface area contributed by atoms with Crippen molar-refractivity contribution in [3.8, 4) is 0 Å². The molecule has 0 radical (unpaired) electrons. The van der Waals surface area contributed by atoms with Crippen LogP contribution in [0.1, 0.15) is 13.8 Å². The molecular weight excluding hydrogens is 227 g/mol. The van der Waals surface area contributed by atoms with Crippen LogP contribution in [0.4, 0.5) is 10.2 Å². The van der Waals surface area contributed by atoms with E-state index < -0.39 is 29.7 Å². The molecule has 0 aromatic carbocycles. The lowest BCUT2D eigenvalue weighted by Gasteiger charge is -2.15. The second-order valence-electron chi connectivity index (χ2n) is 3.75. The van der Waals surface area contributed by atoms with E-state index in [9.17, 15) is 14.0 Å². The van der Waals surface area contributed by atoms with Gasteiger partial charge in [0.25, 0.3) is 0 Å². The second kappa shape index (κ2) is 5.38. The van der Waals surface area contributed by atoms with Gasteiger partial charge in [-0.2, -0.15) is 4.39 Å². The number of carboxylic acids is 1. The molecule has 0 saturated heterocycles. The first-order chi connectivity index (χ1) is 7.91. The zero-order chi connectivity index (χ0) is 13.0. The van der Waals surface area contributed by atoms with Crippen molar-refractivity contribution in [1.82, 2.24) is 4.98 Å². The lowest BCUT2D eigenvalue weighted by molar-refractivity contribution is -0.145. The average molecular weight is 240 g/mol. The van der Waals surface area contributed by atoms with Crippen LogP contribution in [-0.2, 0) is 9.59 Å². The van der Waals surface area contributed by atoms with Gasteiger partial charge in [0.15, 0.2) is 0 Å². The third-order valence-electron chi connectivity index (χ3n) is 2.52. The average Bonchev–Trinajstić information content (AvgIpc) is 2.26. The Morgan fingerprint density at radius 1 is 1.35 bits per heavy atom. The van der Waals surface area contributed by atoms with Crippen molar-refractivity contribution in [3.05, 3.63) is 24.1 Å². The molecule has 92 valence electrons. The summed E-state index contributed by atoms with van der Waals surface area (Å²) < 4.78 is 12.7. The van der Waals surface area contributed by atoms with Crippen LogP contribution >= 0.6 is 0 Å². The number of rotatable bonds is 4. The maximum Gasteiger partial charge on any atom is 0.307 e. The van der Waals surface area contributed by atoms with Gasteiger partial charge in [0.05, 0.1) is 5.92 Å². The summed E-state index contributed by atoms with van der Waals surface area (Å²) in [7, 11) is 0. The Morgan fingerprint density at radius 3 is 2.53 bits per heavy atom. The van der Waals surface area contributed by atoms with Crippen LogP contribution in [-0.4, -0.2) is 22.0 Å². The van der Waals surface area contributed by atoms with Gasteiger partial charge in [-0.05, 0) is 12.1 Å². The van der Waals surface area contributed by atoms with E-state index in [0.717, 1.165) is 6.07 Å². The number of nitrogens with one attached hydrogen (secondary N) is 1. The number of aliphatic carboxylic acids is 1. The number of nitrogens with zero attached hydrogens (tertiary/aromatic N) is 1. The van der Waals surface area contributed by atoms with Crippen molar-refractivity contribution in [3.63, 3.8) is 0 Å². The molecule has 2 unspecified atom stereocenters. The number of carbonyl (C=O) groups excluding carboxylic acids is 1. The predicted molar refractivity (Wildman–Crippen MR) is 58.8 cm³/mol. The highest BCUT2D eigenvalue weighted by Crippen LogP contribution is 2.14. The van der Waals surface area contributed by atoms with Gasteiger partial charge >= 0.3 is 5.97 Å². The van der Waals surface area contributed by atoms with Crippen LogP contribution in [0.5, 0.6) is 0 Å². The van der Waals surface area contributed by atoms with Crippen LogP contribution in [0.2, 0.25) is 0 Å². The summed E-state index contributed by atoms with van der Waals surface area (Å²) >= 11 is 0. The monoisotopic (exact) mass is 240 g/mol. The standard InChI is InChI=1S/C11H13FN2O3/c1-6(7(2)11(16)17)10(15)14-9-5-3-4-8(12)13-9/h3-7H,1-2H3,(H,16,17)(H,13,14,15). The predicted octanol–water partition coefficient (Wildman–Crippen LogP) is 1.52. The van der Waals surface area contributed by atoms with Gasteiger partial charge in [0.2, 0.25) is 11.9 Å². The zero-order valence-electron chi connectivity index (χ0n) is 9.48.